The number of unbranched alkanes of at least 4 members (excludes halogenated alkanes) is 3. The third kappa shape index (κ3) is 5.70. The van der Waals surface area contributed by atoms with Gasteiger partial charge in [0.05, 0.1) is 18.8 Å². The molecule has 0 aliphatic carbocycles. The summed E-state index contributed by atoms with van der Waals surface area (Å²) in [5, 5.41) is 11.4. The maximum Gasteiger partial charge on any atom is 0.411 e. The van der Waals surface area contributed by atoms with Gasteiger partial charge < -0.3 is 14.6 Å². The van der Waals surface area contributed by atoms with Gasteiger partial charge in [-0.3, -0.25) is 10.1 Å². The number of rotatable bonds is 10. The van der Waals surface area contributed by atoms with Crippen molar-refractivity contribution >= 4 is 17.7 Å². The molecule has 1 aromatic rings. The highest BCUT2D eigenvalue weighted by Crippen LogP contribution is 2.45. The molecular formula is C21H29NO5. The van der Waals surface area contributed by atoms with Crippen molar-refractivity contribution in [3.05, 3.63) is 30.3 Å². The van der Waals surface area contributed by atoms with E-state index in [9.17, 15) is 9.59 Å². The Morgan fingerprint density at radius 3 is 2.48 bits per heavy atom. The minimum atomic E-state index is -0.720. The molecule has 2 saturated heterocycles. The summed E-state index contributed by atoms with van der Waals surface area (Å²) in [5.41, 5.74) is 0.726. The number of amides is 1. The van der Waals surface area contributed by atoms with E-state index in [1.54, 1.807) is 0 Å². The van der Waals surface area contributed by atoms with E-state index in [0.717, 1.165) is 50.6 Å². The van der Waals surface area contributed by atoms with Crippen LogP contribution in [-0.2, 0) is 14.3 Å². The fourth-order valence-electron chi connectivity index (χ4n) is 4.36. The highest BCUT2D eigenvalue weighted by atomic mass is 16.6. The van der Waals surface area contributed by atoms with E-state index in [-0.39, 0.29) is 18.4 Å². The molecule has 0 aromatic heterocycles. The third-order valence-electron chi connectivity index (χ3n) is 5.70. The average molecular weight is 375 g/mol. The van der Waals surface area contributed by atoms with Gasteiger partial charge in [-0.1, -0.05) is 37.5 Å². The van der Waals surface area contributed by atoms with Crippen molar-refractivity contribution in [3.63, 3.8) is 0 Å². The number of carboxylic acid groups (broad SMARTS) is 1. The zero-order chi connectivity index (χ0) is 19.1. The molecule has 4 atom stereocenters. The number of hydrogen-bond donors (Lipinski definition) is 2. The highest BCUT2D eigenvalue weighted by Gasteiger charge is 2.48. The van der Waals surface area contributed by atoms with Gasteiger partial charge in [0.15, 0.2) is 0 Å². The van der Waals surface area contributed by atoms with Gasteiger partial charge >= 0.3 is 12.1 Å². The Balaban J connectivity index is 1.40. The maximum absolute atomic E-state index is 12.0. The van der Waals surface area contributed by atoms with E-state index in [1.165, 1.54) is 0 Å². The molecular weight excluding hydrogens is 346 g/mol. The zero-order valence-electron chi connectivity index (χ0n) is 15.6. The van der Waals surface area contributed by atoms with Crippen LogP contribution >= 0.6 is 0 Å². The molecule has 6 nitrogen and oxygen atoms in total. The molecule has 6 heteroatoms. The van der Waals surface area contributed by atoms with Gasteiger partial charge in [0, 0.05) is 18.0 Å². The van der Waals surface area contributed by atoms with Gasteiger partial charge in [-0.05, 0) is 43.7 Å². The number of ether oxygens (including phenoxy) is 2. The first-order valence-corrected chi connectivity index (χ1v) is 9.99. The second-order valence-electron chi connectivity index (χ2n) is 7.55. The van der Waals surface area contributed by atoms with Crippen LogP contribution in [0.4, 0.5) is 10.5 Å². The normalized spacial score (nSPS) is 26.1. The minimum absolute atomic E-state index is 0.205. The van der Waals surface area contributed by atoms with Crippen LogP contribution in [0.25, 0.3) is 0 Å². The molecule has 1 aromatic carbocycles. The Labute approximate surface area is 160 Å². The summed E-state index contributed by atoms with van der Waals surface area (Å²) in [4.78, 5) is 22.6. The van der Waals surface area contributed by atoms with Crippen LogP contribution in [0.1, 0.15) is 51.4 Å². The predicted molar refractivity (Wildman–Crippen MR) is 102 cm³/mol. The lowest BCUT2D eigenvalue weighted by atomic mass is 9.77. The van der Waals surface area contributed by atoms with Crippen molar-refractivity contribution in [2.75, 3.05) is 11.9 Å². The minimum Gasteiger partial charge on any atom is -0.481 e. The third-order valence-corrected chi connectivity index (χ3v) is 5.70. The summed E-state index contributed by atoms with van der Waals surface area (Å²) in [6.07, 6.45) is 7.35. The highest BCUT2D eigenvalue weighted by molar-refractivity contribution is 5.84. The van der Waals surface area contributed by atoms with Gasteiger partial charge in [-0.25, -0.2) is 4.79 Å². The molecule has 4 unspecified atom stereocenters. The van der Waals surface area contributed by atoms with E-state index >= 15 is 0 Å². The van der Waals surface area contributed by atoms with Gasteiger partial charge in [0.2, 0.25) is 0 Å². The topological polar surface area (TPSA) is 84.9 Å². The number of para-hydroxylation sites is 1. The van der Waals surface area contributed by atoms with Crippen LogP contribution in [0, 0.1) is 11.8 Å². The smallest absolute Gasteiger partial charge is 0.411 e. The number of hydrogen-bond acceptors (Lipinski definition) is 4. The lowest BCUT2D eigenvalue weighted by Crippen LogP contribution is -2.32. The Hall–Kier alpha value is -2.08. The van der Waals surface area contributed by atoms with Gasteiger partial charge in [0.1, 0.15) is 0 Å². The van der Waals surface area contributed by atoms with Crippen LogP contribution < -0.4 is 5.32 Å². The van der Waals surface area contributed by atoms with Crippen molar-refractivity contribution < 1.29 is 24.2 Å². The van der Waals surface area contributed by atoms with E-state index in [4.69, 9.17) is 14.6 Å². The van der Waals surface area contributed by atoms with Gasteiger partial charge in [0.25, 0.3) is 0 Å². The number of fused-ring (bicyclic) bond motifs is 2. The molecule has 2 N–H and O–H groups in total. The van der Waals surface area contributed by atoms with Crippen molar-refractivity contribution in [1.29, 1.82) is 0 Å². The Morgan fingerprint density at radius 2 is 1.74 bits per heavy atom. The van der Waals surface area contributed by atoms with Crippen molar-refractivity contribution in [2.45, 2.75) is 63.6 Å². The van der Waals surface area contributed by atoms with Crippen LogP contribution in [-0.4, -0.2) is 36.0 Å². The first-order valence-electron chi connectivity index (χ1n) is 9.99. The summed E-state index contributed by atoms with van der Waals surface area (Å²) in [7, 11) is 0. The van der Waals surface area contributed by atoms with Crippen molar-refractivity contribution in [1.82, 2.24) is 0 Å². The second kappa shape index (κ2) is 9.74. The molecule has 148 valence electrons. The molecule has 0 saturated carbocycles. The summed E-state index contributed by atoms with van der Waals surface area (Å²) >= 11 is 0. The quantitative estimate of drug-likeness (QED) is 0.590. The Bertz CT molecular complexity index is 620. The summed E-state index contributed by atoms with van der Waals surface area (Å²) in [6, 6.07) is 9.29. The molecule has 0 radical (unpaired) electrons. The fourth-order valence-corrected chi connectivity index (χ4v) is 4.36. The predicted octanol–water partition coefficient (Wildman–Crippen LogP) is 4.45. The fraction of sp³-hybridized carbons (Fsp3) is 0.619. The molecule has 0 spiro atoms. The van der Waals surface area contributed by atoms with Crippen LogP contribution in [0.5, 0.6) is 0 Å². The first-order chi connectivity index (χ1) is 13.1. The van der Waals surface area contributed by atoms with Gasteiger partial charge in [-0.2, -0.15) is 0 Å². The average Bonchev–Trinajstić information content (AvgIpc) is 3.25. The first kappa shape index (κ1) is 19.7. The van der Waals surface area contributed by atoms with E-state index in [0.29, 0.717) is 18.6 Å². The lowest BCUT2D eigenvalue weighted by molar-refractivity contribution is -0.137. The molecule has 2 aliphatic heterocycles. The lowest BCUT2D eigenvalue weighted by Gasteiger charge is -2.27. The van der Waals surface area contributed by atoms with E-state index in [2.05, 4.69) is 5.32 Å². The largest absolute Gasteiger partial charge is 0.481 e. The number of carboxylic acids is 1. The maximum atomic E-state index is 12.0. The number of aliphatic carboxylic acids is 1. The summed E-state index contributed by atoms with van der Waals surface area (Å²) < 4.78 is 11.6. The van der Waals surface area contributed by atoms with Crippen molar-refractivity contribution in [3.8, 4) is 0 Å². The molecule has 3 rings (SSSR count). The SMILES string of the molecule is O=C(O)CCCCCCC1C2CCC(O2)C1COC(=O)Nc1ccccc1. The van der Waals surface area contributed by atoms with Crippen LogP contribution in [0.15, 0.2) is 30.3 Å². The number of carbonyl (C=O) groups is 2. The molecule has 2 aliphatic rings. The standard InChI is InChI=1S/C21H29NO5/c23-20(24)11-7-2-1-6-10-16-17(19-13-12-18(16)27-19)14-26-21(25)22-15-8-4-3-5-9-15/h3-5,8-9,16-19H,1-2,6-7,10-14H2,(H,22,25)(H,23,24). The van der Waals surface area contributed by atoms with E-state index < -0.39 is 12.1 Å². The van der Waals surface area contributed by atoms with Crippen LogP contribution in [0.3, 0.4) is 0 Å². The summed E-state index contributed by atoms with van der Waals surface area (Å²) in [5.74, 6) is -0.0143. The molecule has 27 heavy (non-hydrogen) atoms. The number of carbonyl (C=O) groups excluding carboxylic acids is 1. The Kier molecular flexibility index (Phi) is 7.10. The zero-order valence-corrected chi connectivity index (χ0v) is 15.6. The monoisotopic (exact) mass is 375 g/mol. The Morgan fingerprint density at radius 1 is 1.04 bits per heavy atom. The van der Waals surface area contributed by atoms with Gasteiger partial charge in [-0.15, -0.1) is 0 Å². The van der Waals surface area contributed by atoms with E-state index in [1.807, 2.05) is 30.3 Å². The summed E-state index contributed by atoms with van der Waals surface area (Å²) in [6.45, 7) is 0.392. The molecule has 1 amide bonds. The number of nitrogens with one attached hydrogen (secondary N) is 1. The number of anilines is 1. The molecule has 2 fully saturated rings. The number of benzene rings is 1. The molecule has 2 heterocycles. The second-order valence-corrected chi connectivity index (χ2v) is 7.55. The van der Waals surface area contributed by atoms with Crippen LogP contribution in [0.2, 0.25) is 0 Å². The van der Waals surface area contributed by atoms with Crippen molar-refractivity contribution in [2.24, 2.45) is 11.8 Å². The molecule has 2 bridgehead atoms.